The Morgan fingerprint density at radius 2 is 2.06 bits per heavy atom. The van der Waals surface area contributed by atoms with Crippen LogP contribution in [0.15, 0.2) is 0 Å². The molecule has 0 radical (unpaired) electrons. The summed E-state index contributed by atoms with van der Waals surface area (Å²) in [6.07, 6.45) is 1.70. The van der Waals surface area contributed by atoms with E-state index >= 15 is 0 Å². The maximum Gasteiger partial charge on any atom is 0.329 e. The number of thioether (sulfide) groups is 1. The van der Waals surface area contributed by atoms with Gasteiger partial charge < -0.3 is 10.4 Å². The van der Waals surface area contributed by atoms with Crippen molar-refractivity contribution in [1.82, 2.24) is 5.32 Å². The normalized spacial score (nSPS) is 20.8. The lowest BCUT2D eigenvalue weighted by Crippen LogP contribution is -2.55. The van der Waals surface area contributed by atoms with Gasteiger partial charge in [-0.2, -0.15) is 11.8 Å². The number of hydrogen-bond acceptors (Lipinski definition) is 3. The molecule has 4 nitrogen and oxygen atoms in total. The average Bonchev–Trinajstić information content (AvgIpc) is 2.78. The van der Waals surface area contributed by atoms with Gasteiger partial charge in [-0.3, -0.25) is 4.79 Å². The molecule has 0 saturated carbocycles. The Labute approximate surface area is 100 Å². The number of carbonyl (C=O) groups excluding carboxylic acids is 1. The summed E-state index contributed by atoms with van der Waals surface area (Å²) in [6.45, 7) is 3.59. The minimum Gasteiger partial charge on any atom is -0.480 e. The minimum atomic E-state index is -1.08. The summed E-state index contributed by atoms with van der Waals surface area (Å²) in [4.78, 5) is 23.1. The summed E-state index contributed by atoms with van der Waals surface area (Å²) in [5, 5.41) is 11.9. The second kappa shape index (κ2) is 5.57. The van der Waals surface area contributed by atoms with Gasteiger partial charge in [-0.15, -0.1) is 0 Å². The molecule has 1 heterocycles. The van der Waals surface area contributed by atoms with Gasteiger partial charge in [0.2, 0.25) is 5.91 Å². The van der Waals surface area contributed by atoms with Gasteiger partial charge in [0.1, 0.15) is 5.54 Å². The first-order chi connectivity index (χ1) is 7.55. The molecule has 2 N–H and O–H groups in total. The molecule has 1 saturated heterocycles. The maximum absolute atomic E-state index is 11.9. The second-order valence-corrected chi connectivity index (χ2v) is 5.29. The van der Waals surface area contributed by atoms with Crippen LogP contribution >= 0.6 is 11.8 Å². The van der Waals surface area contributed by atoms with E-state index in [4.69, 9.17) is 0 Å². The van der Waals surface area contributed by atoms with E-state index < -0.39 is 11.5 Å². The lowest BCUT2D eigenvalue weighted by Gasteiger charge is -2.29. The van der Waals surface area contributed by atoms with Crippen LogP contribution in [0.4, 0.5) is 0 Å². The van der Waals surface area contributed by atoms with Gasteiger partial charge in [0.05, 0.1) is 0 Å². The Morgan fingerprint density at radius 3 is 2.44 bits per heavy atom. The van der Waals surface area contributed by atoms with Crippen molar-refractivity contribution in [2.75, 3.05) is 11.5 Å². The van der Waals surface area contributed by atoms with Crippen molar-refractivity contribution in [1.29, 1.82) is 0 Å². The summed E-state index contributed by atoms with van der Waals surface area (Å²) in [7, 11) is 0. The van der Waals surface area contributed by atoms with E-state index in [2.05, 4.69) is 5.32 Å². The second-order valence-electron chi connectivity index (χ2n) is 4.14. The zero-order chi connectivity index (χ0) is 12.2. The Morgan fingerprint density at radius 1 is 1.44 bits per heavy atom. The first kappa shape index (κ1) is 13.4. The number of amides is 1. The summed E-state index contributed by atoms with van der Waals surface area (Å²) >= 11 is 1.75. The Kier molecular flexibility index (Phi) is 4.65. The minimum absolute atomic E-state index is 0.0122. The van der Waals surface area contributed by atoms with E-state index in [0.29, 0.717) is 12.8 Å². The molecule has 1 amide bonds. The SMILES string of the molecule is CCC(CC)(NC(=O)C1CCSC1)C(=O)O. The van der Waals surface area contributed by atoms with E-state index in [9.17, 15) is 14.7 Å². The summed E-state index contributed by atoms with van der Waals surface area (Å²) in [5.74, 6) is 0.764. The lowest BCUT2D eigenvalue weighted by molar-refractivity contribution is -0.148. The number of carboxylic acids is 1. The highest BCUT2D eigenvalue weighted by Crippen LogP contribution is 2.25. The molecule has 1 aliphatic heterocycles. The number of aliphatic carboxylic acids is 1. The third-order valence-corrected chi connectivity index (χ3v) is 4.44. The summed E-state index contributed by atoms with van der Waals surface area (Å²) in [5.41, 5.74) is -1.08. The largest absolute Gasteiger partial charge is 0.480 e. The predicted molar refractivity (Wildman–Crippen MR) is 64.5 cm³/mol. The van der Waals surface area contributed by atoms with Crippen molar-refractivity contribution in [2.24, 2.45) is 5.92 Å². The first-order valence-electron chi connectivity index (χ1n) is 5.69. The third kappa shape index (κ3) is 2.70. The Balaban J connectivity index is 2.67. The topological polar surface area (TPSA) is 66.4 Å². The molecule has 0 aromatic heterocycles. The van der Waals surface area contributed by atoms with Crippen molar-refractivity contribution in [3.63, 3.8) is 0 Å². The average molecular weight is 245 g/mol. The Bertz CT molecular complexity index is 270. The molecular formula is C11H19NO3S. The van der Waals surface area contributed by atoms with Gasteiger partial charge >= 0.3 is 5.97 Å². The number of hydrogen-bond donors (Lipinski definition) is 2. The number of carbonyl (C=O) groups is 2. The molecule has 0 aromatic carbocycles. The molecule has 16 heavy (non-hydrogen) atoms. The van der Waals surface area contributed by atoms with Gasteiger partial charge in [-0.25, -0.2) is 4.79 Å². The monoisotopic (exact) mass is 245 g/mol. The number of rotatable bonds is 5. The van der Waals surface area contributed by atoms with Crippen LogP contribution in [0.25, 0.3) is 0 Å². The molecule has 1 fully saturated rings. The molecule has 1 rings (SSSR count). The van der Waals surface area contributed by atoms with Gasteiger partial charge in [-0.05, 0) is 25.0 Å². The molecule has 92 valence electrons. The van der Waals surface area contributed by atoms with Gasteiger partial charge in [0.15, 0.2) is 0 Å². The molecule has 0 aromatic rings. The zero-order valence-corrected chi connectivity index (χ0v) is 10.6. The molecule has 1 aliphatic rings. The maximum atomic E-state index is 11.9. The quantitative estimate of drug-likeness (QED) is 0.770. The molecule has 0 aliphatic carbocycles. The molecule has 1 atom stereocenters. The van der Waals surface area contributed by atoms with E-state index in [0.717, 1.165) is 17.9 Å². The molecule has 1 unspecified atom stereocenters. The van der Waals surface area contributed by atoms with Crippen LogP contribution in [0, 0.1) is 5.92 Å². The number of carboxylic acid groups (broad SMARTS) is 1. The summed E-state index contributed by atoms with van der Waals surface area (Å²) in [6, 6.07) is 0. The highest BCUT2D eigenvalue weighted by molar-refractivity contribution is 7.99. The predicted octanol–water partition coefficient (Wildman–Crippen LogP) is 1.50. The van der Waals surface area contributed by atoms with Gasteiger partial charge in [0, 0.05) is 11.7 Å². The van der Waals surface area contributed by atoms with Crippen LogP contribution in [0.5, 0.6) is 0 Å². The van der Waals surface area contributed by atoms with Crippen LogP contribution in [-0.2, 0) is 9.59 Å². The van der Waals surface area contributed by atoms with Crippen LogP contribution in [-0.4, -0.2) is 34.0 Å². The fraction of sp³-hybridized carbons (Fsp3) is 0.818. The smallest absolute Gasteiger partial charge is 0.329 e. The Hall–Kier alpha value is -0.710. The van der Waals surface area contributed by atoms with Gasteiger partial charge in [0.25, 0.3) is 0 Å². The molecule has 0 spiro atoms. The first-order valence-corrected chi connectivity index (χ1v) is 6.84. The van der Waals surface area contributed by atoms with E-state index in [1.54, 1.807) is 25.6 Å². The molecule has 0 bridgehead atoms. The fourth-order valence-electron chi connectivity index (χ4n) is 1.86. The lowest BCUT2D eigenvalue weighted by atomic mass is 9.92. The highest BCUT2D eigenvalue weighted by atomic mass is 32.2. The van der Waals surface area contributed by atoms with Crippen LogP contribution in [0.3, 0.4) is 0 Å². The zero-order valence-electron chi connectivity index (χ0n) is 9.78. The van der Waals surface area contributed by atoms with Crippen molar-refractivity contribution in [3.05, 3.63) is 0 Å². The van der Waals surface area contributed by atoms with Crippen molar-refractivity contribution < 1.29 is 14.7 Å². The molecule has 5 heteroatoms. The van der Waals surface area contributed by atoms with Crippen molar-refractivity contribution in [3.8, 4) is 0 Å². The summed E-state index contributed by atoms with van der Waals surface area (Å²) < 4.78 is 0. The molecular weight excluding hydrogens is 226 g/mol. The van der Waals surface area contributed by atoms with Crippen LogP contribution < -0.4 is 5.32 Å². The standard InChI is InChI=1S/C11H19NO3S/c1-3-11(4-2,10(14)15)12-9(13)8-5-6-16-7-8/h8H,3-7H2,1-2H3,(H,12,13)(H,14,15). The van der Waals surface area contributed by atoms with E-state index in [1.807, 2.05) is 0 Å². The van der Waals surface area contributed by atoms with E-state index in [1.165, 1.54) is 0 Å². The van der Waals surface area contributed by atoms with Crippen molar-refractivity contribution in [2.45, 2.75) is 38.6 Å². The van der Waals surface area contributed by atoms with E-state index in [-0.39, 0.29) is 11.8 Å². The van der Waals surface area contributed by atoms with Crippen LogP contribution in [0.2, 0.25) is 0 Å². The highest BCUT2D eigenvalue weighted by Gasteiger charge is 2.38. The van der Waals surface area contributed by atoms with Crippen LogP contribution in [0.1, 0.15) is 33.1 Å². The number of nitrogens with one attached hydrogen (secondary N) is 1. The third-order valence-electron chi connectivity index (χ3n) is 3.28. The van der Waals surface area contributed by atoms with Crippen molar-refractivity contribution >= 4 is 23.6 Å². The van der Waals surface area contributed by atoms with Gasteiger partial charge in [-0.1, -0.05) is 13.8 Å². The fourth-order valence-corrected chi connectivity index (χ4v) is 3.08.